The van der Waals surface area contributed by atoms with E-state index in [2.05, 4.69) is 33.8 Å². The number of allylic oxidation sites excluding steroid dienone is 2. The van der Waals surface area contributed by atoms with E-state index in [-0.39, 0.29) is 0 Å². The Bertz CT molecular complexity index is 182. The monoisotopic (exact) mass is 196 g/mol. The van der Waals surface area contributed by atoms with Gasteiger partial charge < -0.3 is 0 Å². The molecule has 0 aromatic carbocycles. The molecule has 0 heterocycles. The molecule has 0 aliphatic heterocycles. The van der Waals surface area contributed by atoms with Crippen LogP contribution >= 0.6 is 0 Å². The van der Waals surface area contributed by atoms with Gasteiger partial charge in [-0.1, -0.05) is 46.6 Å². The van der Waals surface area contributed by atoms with E-state index in [9.17, 15) is 4.79 Å². The number of rotatable bonds is 7. The minimum absolute atomic E-state index is 0.432. The summed E-state index contributed by atoms with van der Waals surface area (Å²) in [6.45, 7) is 8.71. The van der Waals surface area contributed by atoms with Gasteiger partial charge >= 0.3 is 0 Å². The maximum atomic E-state index is 10.9. The molecular formula is C13H24O. The molecule has 0 N–H and O–H groups in total. The van der Waals surface area contributed by atoms with Gasteiger partial charge in [0.2, 0.25) is 0 Å². The molecule has 0 aliphatic carbocycles. The van der Waals surface area contributed by atoms with Crippen molar-refractivity contribution in [3.63, 3.8) is 0 Å². The van der Waals surface area contributed by atoms with Crippen LogP contribution in [0.15, 0.2) is 11.6 Å². The molecule has 0 spiro atoms. The van der Waals surface area contributed by atoms with Gasteiger partial charge in [-0.2, -0.15) is 0 Å². The molecule has 0 fully saturated rings. The quantitative estimate of drug-likeness (QED) is 0.444. The molecule has 82 valence electrons. The maximum absolute atomic E-state index is 10.9. The Kier molecular flexibility index (Phi) is 7.45. The zero-order valence-corrected chi connectivity index (χ0v) is 10.0. The van der Waals surface area contributed by atoms with E-state index >= 15 is 0 Å². The summed E-state index contributed by atoms with van der Waals surface area (Å²) in [5.41, 5.74) is 0.993. The highest BCUT2D eigenvalue weighted by Gasteiger charge is 2.07. The van der Waals surface area contributed by atoms with Crippen LogP contribution < -0.4 is 0 Å². The number of carbonyl (C=O) groups is 1. The fourth-order valence-electron chi connectivity index (χ4n) is 1.47. The molecular weight excluding hydrogens is 172 g/mol. The fourth-order valence-corrected chi connectivity index (χ4v) is 1.47. The van der Waals surface area contributed by atoms with E-state index in [1.165, 1.54) is 6.42 Å². The molecule has 14 heavy (non-hydrogen) atoms. The molecule has 0 aromatic rings. The van der Waals surface area contributed by atoms with Crippen LogP contribution in [0.5, 0.6) is 0 Å². The van der Waals surface area contributed by atoms with Crippen LogP contribution in [0.25, 0.3) is 0 Å². The van der Waals surface area contributed by atoms with Crippen LogP contribution in [-0.4, -0.2) is 6.29 Å². The highest BCUT2D eigenvalue weighted by Crippen LogP contribution is 2.17. The Hall–Kier alpha value is -0.590. The van der Waals surface area contributed by atoms with Crippen molar-refractivity contribution in [1.82, 2.24) is 0 Å². The third kappa shape index (κ3) is 5.21. The predicted octanol–water partition coefficient (Wildman–Crippen LogP) is 3.98. The van der Waals surface area contributed by atoms with Crippen LogP contribution in [0.3, 0.4) is 0 Å². The summed E-state index contributed by atoms with van der Waals surface area (Å²) in [6, 6.07) is 0. The highest BCUT2D eigenvalue weighted by atomic mass is 16.1. The minimum Gasteiger partial charge on any atom is -0.298 e. The molecule has 0 aliphatic rings. The topological polar surface area (TPSA) is 17.1 Å². The molecule has 0 saturated heterocycles. The molecule has 0 rings (SSSR count). The first-order valence-corrected chi connectivity index (χ1v) is 5.80. The Labute approximate surface area is 88.6 Å². The number of aldehydes is 1. The largest absolute Gasteiger partial charge is 0.298 e. The smallest absolute Gasteiger partial charge is 0.145 e. The van der Waals surface area contributed by atoms with Crippen molar-refractivity contribution in [2.75, 3.05) is 0 Å². The first-order chi connectivity index (χ1) is 6.65. The van der Waals surface area contributed by atoms with Crippen LogP contribution in [0.1, 0.15) is 53.4 Å². The van der Waals surface area contributed by atoms with Crippen LogP contribution in [0, 0.1) is 11.8 Å². The lowest BCUT2D eigenvalue weighted by atomic mass is 9.94. The van der Waals surface area contributed by atoms with E-state index in [0.717, 1.165) is 31.1 Å². The van der Waals surface area contributed by atoms with Gasteiger partial charge in [0.05, 0.1) is 0 Å². The molecule has 0 saturated carbocycles. The summed E-state index contributed by atoms with van der Waals surface area (Å²) in [5.74, 6) is 1.13. The zero-order valence-electron chi connectivity index (χ0n) is 10.0. The summed E-state index contributed by atoms with van der Waals surface area (Å²) in [5, 5.41) is 0. The van der Waals surface area contributed by atoms with E-state index < -0.39 is 0 Å². The molecule has 1 nitrogen and oxygen atoms in total. The standard InChI is InChI=1S/C13H24O/c1-5-7-12(4)13(10-14)9-8-11(3)6-2/h9-12H,5-8H2,1-4H3. The molecule has 0 amide bonds. The summed E-state index contributed by atoms with van der Waals surface area (Å²) >= 11 is 0. The summed E-state index contributed by atoms with van der Waals surface area (Å²) < 4.78 is 0. The molecule has 2 atom stereocenters. The fraction of sp³-hybridized carbons (Fsp3) is 0.769. The van der Waals surface area contributed by atoms with Gasteiger partial charge in [0.15, 0.2) is 0 Å². The van der Waals surface area contributed by atoms with Gasteiger partial charge in [0.25, 0.3) is 0 Å². The summed E-state index contributed by atoms with van der Waals surface area (Å²) in [7, 11) is 0. The van der Waals surface area contributed by atoms with Gasteiger partial charge in [-0.25, -0.2) is 0 Å². The van der Waals surface area contributed by atoms with Gasteiger partial charge in [0.1, 0.15) is 6.29 Å². The maximum Gasteiger partial charge on any atom is 0.145 e. The average molecular weight is 196 g/mol. The minimum atomic E-state index is 0.432. The predicted molar refractivity (Wildman–Crippen MR) is 62.3 cm³/mol. The molecule has 0 aromatic heterocycles. The number of hydrogen-bond donors (Lipinski definition) is 0. The van der Waals surface area contributed by atoms with Crippen LogP contribution in [0.4, 0.5) is 0 Å². The Morgan fingerprint density at radius 1 is 1.29 bits per heavy atom. The summed E-state index contributed by atoms with van der Waals surface area (Å²) in [4.78, 5) is 10.9. The van der Waals surface area contributed by atoms with E-state index in [1.54, 1.807) is 0 Å². The lowest BCUT2D eigenvalue weighted by Gasteiger charge is -2.11. The first kappa shape index (κ1) is 13.4. The van der Waals surface area contributed by atoms with Crippen LogP contribution in [-0.2, 0) is 4.79 Å². The Morgan fingerprint density at radius 2 is 1.93 bits per heavy atom. The Morgan fingerprint density at radius 3 is 2.36 bits per heavy atom. The van der Waals surface area contributed by atoms with E-state index in [4.69, 9.17) is 0 Å². The second-order valence-electron chi connectivity index (χ2n) is 4.26. The normalized spacial score (nSPS) is 16.4. The molecule has 0 bridgehead atoms. The second-order valence-corrected chi connectivity index (χ2v) is 4.26. The Balaban J connectivity index is 4.16. The third-order valence-corrected chi connectivity index (χ3v) is 2.88. The van der Waals surface area contributed by atoms with Crippen molar-refractivity contribution in [1.29, 1.82) is 0 Å². The van der Waals surface area contributed by atoms with Crippen molar-refractivity contribution in [2.45, 2.75) is 53.4 Å². The summed E-state index contributed by atoms with van der Waals surface area (Å²) in [6.07, 6.45) is 7.65. The van der Waals surface area contributed by atoms with Gasteiger partial charge in [-0.3, -0.25) is 4.79 Å². The van der Waals surface area contributed by atoms with Gasteiger partial charge in [-0.05, 0) is 30.3 Å². The van der Waals surface area contributed by atoms with Crippen molar-refractivity contribution < 1.29 is 4.79 Å². The molecule has 2 unspecified atom stereocenters. The molecule has 1 heteroatoms. The van der Waals surface area contributed by atoms with Crippen molar-refractivity contribution in [2.24, 2.45) is 11.8 Å². The number of carbonyl (C=O) groups excluding carboxylic acids is 1. The van der Waals surface area contributed by atoms with E-state index in [1.807, 2.05) is 0 Å². The molecule has 0 radical (unpaired) electrons. The van der Waals surface area contributed by atoms with Crippen molar-refractivity contribution in [3.05, 3.63) is 11.6 Å². The van der Waals surface area contributed by atoms with Gasteiger partial charge in [-0.15, -0.1) is 0 Å². The zero-order chi connectivity index (χ0) is 11.0. The third-order valence-electron chi connectivity index (χ3n) is 2.88. The van der Waals surface area contributed by atoms with E-state index in [0.29, 0.717) is 11.8 Å². The second kappa shape index (κ2) is 7.78. The van der Waals surface area contributed by atoms with Gasteiger partial charge in [0, 0.05) is 0 Å². The lowest BCUT2D eigenvalue weighted by molar-refractivity contribution is -0.105. The van der Waals surface area contributed by atoms with Crippen LogP contribution in [0.2, 0.25) is 0 Å². The first-order valence-electron chi connectivity index (χ1n) is 5.80. The highest BCUT2D eigenvalue weighted by molar-refractivity contribution is 5.73. The lowest BCUT2D eigenvalue weighted by Crippen LogP contribution is -2.01. The number of hydrogen-bond acceptors (Lipinski definition) is 1. The average Bonchev–Trinajstić information content (AvgIpc) is 2.18. The van der Waals surface area contributed by atoms with Crippen molar-refractivity contribution in [3.8, 4) is 0 Å². The SMILES string of the molecule is CCCC(C)C(C=O)=CCC(C)CC. The van der Waals surface area contributed by atoms with Crippen molar-refractivity contribution >= 4 is 6.29 Å².